The van der Waals surface area contributed by atoms with E-state index >= 15 is 0 Å². The topological polar surface area (TPSA) is 72.2 Å². The number of benzene rings is 2. The van der Waals surface area contributed by atoms with Gasteiger partial charge in [0.15, 0.2) is 0 Å². The normalized spacial score (nSPS) is 10.8. The summed E-state index contributed by atoms with van der Waals surface area (Å²) in [6.45, 7) is 0. The van der Waals surface area contributed by atoms with E-state index in [1.807, 2.05) is 6.07 Å². The maximum atomic E-state index is 12.5. The summed E-state index contributed by atoms with van der Waals surface area (Å²) in [5.74, 6) is -0.369. The van der Waals surface area contributed by atoms with Crippen molar-refractivity contribution in [3.05, 3.63) is 65.4 Å². The van der Waals surface area contributed by atoms with Crippen LogP contribution in [0.4, 0.5) is 11.4 Å². The maximum absolute atomic E-state index is 12.5. The van der Waals surface area contributed by atoms with Gasteiger partial charge in [0.2, 0.25) is 0 Å². The van der Waals surface area contributed by atoms with E-state index < -0.39 is 4.92 Å². The summed E-state index contributed by atoms with van der Waals surface area (Å²) >= 11 is 14.1. The van der Waals surface area contributed by atoms with Crippen molar-refractivity contribution in [3.8, 4) is 0 Å². The number of amides is 1. The highest BCUT2D eigenvalue weighted by atomic mass is 79.9. The molecule has 0 aliphatic rings. The molecular formula is C15H7Br2ClN2O3S. The minimum absolute atomic E-state index is 0.0389. The van der Waals surface area contributed by atoms with E-state index in [9.17, 15) is 14.9 Å². The smallest absolute Gasteiger partial charge is 0.270 e. The molecule has 1 amide bonds. The van der Waals surface area contributed by atoms with Crippen LogP contribution < -0.4 is 5.32 Å². The third kappa shape index (κ3) is 3.32. The second-order valence-electron chi connectivity index (χ2n) is 4.76. The number of rotatable bonds is 3. The number of thiophene rings is 1. The van der Waals surface area contributed by atoms with Crippen molar-refractivity contribution in [1.29, 1.82) is 0 Å². The Kier molecular flexibility index (Phi) is 4.91. The van der Waals surface area contributed by atoms with Crippen molar-refractivity contribution < 1.29 is 9.72 Å². The number of anilines is 1. The molecule has 1 aromatic heterocycles. The molecule has 0 unspecified atom stereocenters. The first kappa shape index (κ1) is 17.3. The number of fused-ring (bicyclic) bond motifs is 1. The lowest BCUT2D eigenvalue weighted by molar-refractivity contribution is -0.384. The number of carbonyl (C=O) groups is 1. The number of nitro benzene ring substituents is 1. The van der Waals surface area contributed by atoms with Gasteiger partial charge in [-0.2, -0.15) is 0 Å². The average molecular weight is 491 g/mol. The van der Waals surface area contributed by atoms with E-state index in [4.69, 9.17) is 11.6 Å². The zero-order valence-electron chi connectivity index (χ0n) is 11.7. The Balaban J connectivity index is 1.97. The van der Waals surface area contributed by atoms with Crippen LogP contribution in [-0.4, -0.2) is 10.8 Å². The SMILES string of the molecule is O=C(Nc1ccc(Br)cc1Br)c1sc2cc([N+](=O)[O-])ccc2c1Cl. The first-order valence-electron chi connectivity index (χ1n) is 6.49. The van der Waals surface area contributed by atoms with E-state index in [0.29, 0.717) is 20.7 Å². The van der Waals surface area contributed by atoms with Crippen LogP contribution in [0.25, 0.3) is 10.1 Å². The molecule has 24 heavy (non-hydrogen) atoms. The number of nitrogens with one attached hydrogen (secondary N) is 1. The quantitative estimate of drug-likeness (QED) is 0.349. The summed E-state index contributed by atoms with van der Waals surface area (Å²) in [5.41, 5.74) is 0.561. The predicted octanol–water partition coefficient (Wildman–Crippen LogP) is 6.24. The van der Waals surface area contributed by atoms with Crippen LogP contribution in [-0.2, 0) is 0 Å². The van der Waals surface area contributed by atoms with Gasteiger partial charge >= 0.3 is 0 Å². The van der Waals surface area contributed by atoms with E-state index in [1.165, 1.54) is 12.1 Å². The molecule has 0 fully saturated rings. The number of carbonyl (C=O) groups excluding carboxylic acids is 1. The monoisotopic (exact) mass is 488 g/mol. The van der Waals surface area contributed by atoms with Gasteiger partial charge in [-0.3, -0.25) is 14.9 Å². The highest BCUT2D eigenvalue weighted by Gasteiger charge is 2.19. The Morgan fingerprint density at radius 2 is 1.96 bits per heavy atom. The molecule has 0 atom stereocenters. The van der Waals surface area contributed by atoms with Gasteiger partial charge in [0.25, 0.3) is 11.6 Å². The van der Waals surface area contributed by atoms with E-state index in [0.717, 1.165) is 20.3 Å². The Labute approximate surface area is 162 Å². The number of non-ortho nitro benzene ring substituents is 1. The summed E-state index contributed by atoms with van der Waals surface area (Å²) in [5, 5.41) is 14.5. The van der Waals surface area contributed by atoms with Gasteiger partial charge in [0.1, 0.15) is 4.88 Å². The summed E-state index contributed by atoms with van der Waals surface area (Å²) in [7, 11) is 0. The van der Waals surface area contributed by atoms with Gasteiger partial charge in [0, 0.05) is 31.2 Å². The third-order valence-electron chi connectivity index (χ3n) is 3.21. The lowest BCUT2D eigenvalue weighted by Gasteiger charge is -2.06. The second kappa shape index (κ2) is 6.79. The zero-order valence-corrected chi connectivity index (χ0v) is 16.4. The molecule has 0 bridgehead atoms. The molecule has 122 valence electrons. The fourth-order valence-electron chi connectivity index (χ4n) is 2.08. The molecule has 5 nitrogen and oxygen atoms in total. The highest BCUT2D eigenvalue weighted by molar-refractivity contribution is 9.11. The molecule has 0 saturated carbocycles. The lowest BCUT2D eigenvalue weighted by atomic mass is 10.2. The third-order valence-corrected chi connectivity index (χ3v) is 6.01. The van der Waals surface area contributed by atoms with Crippen LogP contribution in [0.2, 0.25) is 5.02 Å². The maximum Gasteiger partial charge on any atom is 0.270 e. The second-order valence-corrected chi connectivity index (χ2v) is 7.96. The Morgan fingerprint density at radius 1 is 1.21 bits per heavy atom. The molecule has 0 spiro atoms. The van der Waals surface area contributed by atoms with Crippen LogP contribution in [0.5, 0.6) is 0 Å². The average Bonchev–Trinajstić information content (AvgIpc) is 2.86. The van der Waals surface area contributed by atoms with Crippen molar-refractivity contribution >= 4 is 82.2 Å². The summed E-state index contributed by atoms with van der Waals surface area (Å²) < 4.78 is 2.19. The van der Waals surface area contributed by atoms with Gasteiger partial charge in [-0.1, -0.05) is 27.5 Å². The molecule has 0 aliphatic heterocycles. The van der Waals surface area contributed by atoms with E-state index in [-0.39, 0.29) is 16.6 Å². The molecule has 1 heterocycles. The van der Waals surface area contributed by atoms with Crippen molar-refractivity contribution in [2.45, 2.75) is 0 Å². The van der Waals surface area contributed by atoms with Gasteiger partial charge in [0.05, 0.1) is 15.6 Å². The number of nitrogens with zero attached hydrogens (tertiary/aromatic N) is 1. The van der Waals surface area contributed by atoms with Crippen molar-refractivity contribution in [1.82, 2.24) is 0 Å². The minimum atomic E-state index is -0.480. The first-order valence-corrected chi connectivity index (χ1v) is 9.27. The fraction of sp³-hybridized carbons (Fsp3) is 0. The van der Waals surface area contributed by atoms with Gasteiger partial charge < -0.3 is 5.32 Å². The molecule has 0 saturated heterocycles. The van der Waals surface area contributed by atoms with Crippen molar-refractivity contribution in [3.63, 3.8) is 0 Å². The van der Waals surface area contributed by atoms with Gasteiger partial charge in [-0.15, -0.1) is 11.3 Å². The minimum Gasteiger partial charge on any atom is -0.320 e. The highest BCUT2D eigenvalue weighted by Crippen LogP contribution is 2.38. The Morgan fingerprint density at radius 3 is 2.62 bits per heavy atom. The molecular weight excluding hydrogens is 484 g/mol. The van der Waals surface area contributed by atoms with Gasteiger partial charge in [-0.05, 0) is 40.2 Å². The molecule has 2 aromatic carbocycles. The fourth-order valence-corrected chi connectivity index (χ4v) is 4.67. The summed E-state index contributed by atoms with van der Waals surface area (Å²) in [6.07, 6.45) is 0. The van der Waals surface area contributed by atoms with Crippen LogP contribution in [0.1, 0.15) is 9.67 Å². The predicted molar refractivity (Wildman–Crippen MR) is 103 cm³/mol. The summed E-state index contributed by atoms with van der Waals surface area (Å²) in [6, 6.07) is 9.70. The number of halogens is 3. The molecule has 9 heteroatoms. The zero-order chi connectivity index (χ0) is 17.4. The largest absolute Gasteiger partial charge is 0.320 e. The first-order chi connectivity index (χ1) is 11.4. The van der Waals surface area contributed by atoms with Crippen molar-refractivity contribution in [2.24, 2.45) is 0 Å². The molecule has 3 aromatic rings. The van der Waals surface area contributed by atoms with Crippen LogP contribution in [0.3, 0.4) is 0 Å². The number of hydrogen-bond acceptors (Lipinski definition) is 4. The lowest BCUT2D eigenvalue weighted by Crippen LogP contribution is -2.11. The number of hydrogen-bond donors (Lipinski definition) is 1. The van der Waals surface area contributed by atoms with Crippen molar-refractivity contribution in [2.75, 3.05) is 5.32 Å². The molecule has 0 radical (unpaired) electrons. The molecule has 3 rings (SSSR count). The molecule has 0 aliphatic carbocycles. The molecule has 1 N–H and O–H groups in total. The van der Waals surface area contributed by atoms with Crippen LogP contribution in [0, 0.1) is 10.1 Å². The summed E-state index contributed by atoms with van der Waals surface area (Å²) in [4.78, 5) is 23.2. The van der Waals surface area contributed by atoms with Crippen LogP contribution in [0.15, 0.2) is 45.3 Å². The Hall–Kier alpha value is -1.48. The van der Waals surface area contributed by atoms with E-state index in [2.05, 4.69) is 37.2 Å². The van der Waals surface area contributed by atoms with Gasteiger partial charge in [-0.25, -0.2) is 0 Å². The Bertz CT molecular complexity index is 990. The number of nitro groups is 1. The van der Waals surface area contributed by atoms with E-state index in [1.54, 1.807) is 18.2 Å². The standard InChI is InChI=1S/C15H7Br2ClN2O3S/c16-7-1-4-11(10(17)5-7)19-15(21)14-13(18)9-3-2-8(20(22)23)6-12(9)24-14/h1-6H,(H,19,21). The van der Waals surface area contributed by atoms with Crippen LogP contribution >= 0.6 is 54.8 Å².